The molecule has 1 aliphatic rings. The van der Waals surface area contributed by atoms with Crippen LogP contribution < -0.4 is 0 Å². The van der Waals surface area contributed by atoms with Gasteiger partial charge in [-0.3, -0.25) is 4.79 Å². The van der Waals surface area contributed by atoms with E-state index in [4.69, 9.17) is 0 Å². The van der Waals surface area contributed by atoms with Crippen molar-refractivity contribution in [2.45, 2.75) is 31.9 Å². The lowest BCUT2D eigenvalue weighted by Crippen LogP contribution is -2.39. The highest BCUT2D eigenvalue weighted by atomic mass is 32.1. The maximum Gasteiger partial charge on any atom is 0.433 e. The third-order valence-corrected chi connectivity index (χ3v) is 5.58. The largest absolute Gasteiger partial charge is 0.433 e. The van der Waals surface area contributed by atoms with Crippen molar-refractivity contribution in [3.63, 3.8) is 0 Å². The number of aryl methyl sites for hydroxylation is 1. The lowest BCUT2D eigenvalue weighted by atomic mass is 9.94. The highest BCUT2D eigenvalue weighted by Crippen LogP contribution is 2.34. The monoisotopic (exact) mass is 394 g/mol. The minimum absolute atomic E-state index is 0.0768. The first-order chi connectivity index (χ1) is 12.8. The molecule has 142 valence electrons. The van der Waals surface area contributed by atoms with Crippen molar-refractivity contribution in [2.75, 3.05) is 13.1 Å². The third kappa shape index (κ3) is 3.43. The fourth-order valence-corrected chi connectivity index (χ4v) is 4.17. The lowest BCUT2D eigenvalue weighted by Gasteiger charge is -2.32. The van der Waals surface area contributed by atoms with E-state index in [0.717, 1.165) is 17.0 Å². The summed E-state index contributed by atoms with van der Waals surface area (Å²) in [6.07, 6.45) is -3.11. The summed E-state index contributed by atoms with van der Waals surface area (Å²) in [5, 5.41) is 5.75. The van der Waals surface area contributed by atoms with Crippen molar-refractivity contribution >= 4 is 22.9 Å². The number of piperidine rings is 1. The summed E-state index contributed by atoms with van der Waals surface area (Å²) in [4.78, 5) is 19.4. The van der Waals surface area contributed by atoms with Gasteiger partial charge >= 0.3 is 6.18 Å². The number of carbonyl (C=O) groups is 1. The summed E-state index contributed by atoms with van der Waals surface area (Å²) in [5.74, 6) is -0.309. The van der Waals surface area contributed by atoms with Crippen LogP contribution >= 0.6 is 11.3 Å². The summed E-state index contributed by atoms with van der Waals surface area (Å²) < 4.78 is 41.4. The molecule has 1 unspecified atom stereocenters. The first-order valence-electron chi connectivity index (χ1n) is 8.60. The molecule has 0 N–H and O–H groups in total. The van der Waals surface area contributed by atoms with Crippen LogP contribution in [0.25, 0.3) is 5.65 Å². The second kappa shape index (κ2) is 6.63. The van der Waals surface area contributed by atoms with Gasteiger partial charge in [-0.2, -0.15) is 18.3 Å². The van der Waals surface area contributed by atoms with Crippen LogP contribution in [0, 0.1) is 6.92 Å². The molecule has 1 fully saturated rings. The van der Waals surface area contributed by atoms with Gasteiger partial charge in [-0.25, -0.2) is 9.50 Å². The molecule has 5 nitrogen and oxygen atoms in total. The first-order valence-corrected chi connectivity index (χ1v) is 9.48. The van der Waals surface area contributed by atoms with Crippen molar-refractivity contribution in [1.82, 2.24) is 19.5 Å². The van der Waals surface area contributed by atoms with Crippen molar-refractivity contribution in [3.8, 4) is 0 Å². The number of aromatic nitrogens is 3. The Kier molecular flexibility index (Phi) is 4.41. The number of carbonyl (C=O) groups excluding carboxylic acids is 1. The first kappa shape index (κ1) is 18.0. The van der Waals surface area contributed by atoms with Gasteiger partial charge in [0, 0.05) is 30.8 Å². The van der Waals surface area contributed by atoms with Crippen LogP contribution in [0.3, 0.4) is 0 Å². The number of nitrogens with zero attached hydrogens (tertiary/aromatic N) is 4. The highest BCUT2D eigenvalue weighted by Gasteiger charge is 2.36. The molecule has 3 aromatic rings. The fourth-order valence-electron chi connectivity index (χ4n) is 3.48. The van der Waals surface area contributed by atoms with E-state index in [9.17, 15) is 18.0 Å². The Morgan fingerprint density at radius 3 is 2.85 bits per heavy atom. The summed E-state index contributed by atoms with van der Waals surface area (Å²) >= 11 is 1.36. The van der Waals surface area contributed by atoms with Gasteiger partial charge in [0.05, 0.1) is 10.6 Å². The summed E-state index contributed by atoms with van der Waals surface area (Å²) in [6, 6.07) is 6.18. The van der Waals surface area contributed by atoms with Gasteiger partial charge in [-0.1, -0.05) is 6.07 Å². The van der Waals surface area contributed by atoms with E-state index < -0.39 is 11.9 Å². The Bertz CT molecular complexity index is 981. The Hall–Kier alpha value is -2.42. The molecule has 0 aliphatic carbocycles. The SMILES string of the molecule is Cc1cc2nc(C3CCCN(C(=O)c4cccs4)C3)cc(C(F)(F)F)n2n1. The normalized spacial score (nSPS) is 18.2. The molecular weight excluding hydrogens is 377 g/mol. The van der Waals surface area contributed by atoms with Crippen LogP contribution in [0.4, 0.5) is 13.2 Å². The molecule has 0 bridgehead atoms. The summed E-state index contributed by atoms with van der Waals surface area (Å²) in [6.45, 7) is 2.61. The fraction of sp³-hybridized carbons (Fsp3) is 0.389. The van der Waals surface area contributed by atoms with E-state index in [-0.39, 0.29) is 17.5 Å². The molecule has 0 aromatic carbocycles. The number of likely N-dealkylation sites (tertiary alicyclic amines) is 1. The Balaban J connectivity index is 1.68. The Morgan fingerprint density at radius 1 is 1.33 bits per heavy atom. The van der Waals surface area contributed by atoms with Gasteiger partial charge in [0.25, 0.3) is 5.91 Å². The molecule has 9 heteroatoms. The molecule has 4 rings (SSSR count). The van der Waals surface area contributed by atoms with Crippen LogP contribution in [0.1, 0.15) is 45.5 Å². The van der Waals surface area contributed by atoms with Crippen LogP contribution in [0.5, 0.6) is 0 Å². The molecule has 1 aliphatic heterocycles. The topological polar surface area (TPSA) is 50.5 Å². The molecule has 0 spiro atoms. The number of hydrogen-bond acceptors (Lipinski definition) is 4. The summed E-state index contributed by atoms with van der Waals surface area (Å²) in [7, 11) is 0. The number of fused-ring (bicyclic) bond motifs is 1. The van der Waals surface area contributed by atoms with E-state index in [1.54, 1.807) is 17.9 Å². The molecule has 3 aromatic heterocycles. The van der Waals surface area contributed by atoms with Gasteiger partial charge in [-0.05, 0) is 37.3 Å². The van der Waals surface area contributed by atoms with Gasteiger partial charge < -0.3 is 4.90 Å². The number of rotatable bonds is 2. The van der Waals surface area contributed by atoms with Crippen LogP contribution in [0.2, 0.25) is 0 Å². The molecular formula is C18H17F3N4OS. The zero-order valence-corrected chi connectivity index (χ0v) is 15.3. The number of alkyl halides is 3. The molecule has 4 heterocycles. The molecule has 27 heavy (non-hydrogen) atoms. The quantitative estimate of drug-likeness (QED) is 0.657. The molecule has 1 saturated heterocycles. The van der Waals surface area contributed by atoms with Gasteiger partial charge in [0.15, 0.2) is 5.65 Å². The second-order valence-corrected chi connectivity index (χ2v) is 7.64. The lowest BCUT2D eigenvalue weighted by molar-refractivity contribution is -0.142. The van der Waals surface area contributed by atoms with Crippen LogP contribution in [-0.4, -0.2) is 38.5 Å². The minimum atomic E-state index is -4.53. The molecule has 1 atom stereocenters. The van der Waals surface area contributed by atoms with E-state index in [1.165, 1.54) is 17.4 Å². The zero-order valence-electron chi connectivity index (χ0n) is 14.5. The number of thiophene rings is 1. The van der Waals surface area contributed by atoms with Gasteiger partial charge in [0.1, 0.15) is 5.69 Å². The second-order valence-electron chi connectivity index (χ2n) is 6.69. The van der Waals surface area contributed by atoms with E-state index in [1.807, 2.05) is 11.4 Å². The van der Waals surface area contributed by atoms with Gasteiger partial charge in [-0.15, -0.1) is 11.3 Å². The Labute approximate surface area is 157 Å². The Morgan fingerprint density at radius 2 is 2.15 bits per heavy atom. The van der Waals surface area contributed by atoms with Crippen LogP contribution in [-0.2, 0) is 6.18 Å². The number of hydrogen-bond donors (Lipinski definition) is 0. The molecule has 1 amide bonds. The molecule has 0 radical (unpaired) electrons. The highest BCUT2D eigenvalue weighted by molar-refractivity contribution is 7.12. The zero-order chi connectivity index (χ0) is 19.2. The van der Waals surface area contributed by atoms with E-state index in [2.05, 4.69) is 10.1 Å². The predicted octanol–water partition coefficient (Wildman–Crippen LogP) is 4.14. The van der Waals surface area contributed by atoms with Crippen molar-refractivity contribution in [2.24, 2.45) is 0 Å². The van der Waals surface area contributed by atoms with Crippen molar-refractivity contribution in [1.29, 1.82) is 0 Å². The minimum Gasteiger partial charge on any atom is -0.337 e. The maximum atomic E-state index is 13.5. The van der Waals surface area contributed by atoms with E-state index in [0.29, 0.717) is 35.8 Å². The smallest absolute Gasteiger partial charge is 0.337 e. The number of halogens is 3. The molecule has 0 saturated carbocycles. The average Bonchev–Trinajstić information content (AvgIpc) is 3.28. The van der Waals surface area contributed by atoms with Gasteiger partial charge in [0.2, 0.25) is 0 Å². The predicted molar refractivity (Wildman–Crippen MR) is 94.9 cm³/mol. The van der Waals surface area contributed by atoms with Crippen molar-refractivity contribution < 1.29 is 18.0 Å². The standard InChI is InChI=1S/C18H17F3N4OS/c1-11-8-16-22-13(9-15(18(19,20)21)25(16)23-11)12-4-2-6-24(10-12)17(26)14-5-3-7-27-14/h3,5,7-9,12H,2,4,6,10H2,1H3. The van der Waals surface area contributed by atoms with Crippen LogP contribution in [0.15, 0.2) is 29.6 Å². The van der Waals surface area contributed by atoms with Crippen molar-refractivity contribution in [3.05, 3.63) is 51.6 Å². The number of amides is 1. The maximum absolute atomic E-state index is 13.5. The summed E-state index contributed by atoms with van der Waals surface area (Å²) in [5.41, 5.74) is 0.179. The third-order valence-electron chi connectivity index (χ3n) is 4.72. The van der Waals surface area contributed by atoms with E-state index >= 15 is 0 Å². The average molecular weight is 394 g/mol.